The van der Waals surface area contributed by atoms with E-state index >= 15 is 0 Å². The van der Waals surface area contributed by atoms with Gasteiger partial charge in [0.25, 0.3) is 5.56 Å². The van der Waals surface area contributed by atoms with Gasteiger partial charge in [0.1, 0.15) is 0 Å². The van der Waals surface area contributed by atoms with Gasteiger partial charge in [0.2, 0.25) is 0 Å². The molecule has 34 heavy (non-hydrogen) atoms. The van der Waals surface area contributed by atoms with Gasteiger partial charge in [-0.3, -0.25) is 9.36 Å². The van der Waals surface area contributed by atoms with Gasteiger partial charge in [-0.15, -0.1) is 11.3 Å². The van der Waals surface area contributed by atoms with Crippen LogP contribution in [0.15, 0.2) is 56.8 Å². The number of esters is 1. The highest BCUT2D eigenvalue weighted by Crippen LogP contribution is 2.36. The van der Waals surface area contributed by atoms with Crippen molar-refractivity contribution in [3.05, 3.63) is 77.1 Å². The molecule has 3 heterocycles. The number of hydrogen-bond donors (Lipinski definition) is 0. The molecule has 0 N–H and O–H groups in total. The molecule has 1 atom stereocenters. The average molecular weight is 499 g/mol. The third-order valence-corrected chi connectivity index (χ3v) is 7.30. The largest absolute Gasteiger partial charge is 0.493 e. The van der Waals surface area contributed by atoms with E-state index in [-0.39, 0.29) is 5.56 Å². The van der Waals surface area contributed by atoms with Crippen molar-refractivity contribution in [3.63, 3.8) is 0 Å². The zero-order valence-electron chi connectivity index (χ0n) is 19.5. The number of hydrogen-bond acceptors (Lipinski definition) is 8. The van der Waals surface area contributed by atoms with E-state index in [0.717, 1.165) is 17.7 Å². The summed E-state index contributed by atoms with van der Waals surface area (Å²) >= 11 is 2.85. The summed E-state index contributed by atoms with van der Waals surface area (Å²) in [6.07, 6.45) is 3.81. The predicted molar refractivity (Wildman–Crippen MR) is 133 cm³/mol. The molecule has 0 saturated heterocycles. The molecule has 7 nitrogen and oxygen atoms in total. The van der Waals surface area contributed by atoms with Crippen molar-refractivity contribution >= 4 is 34.7 Å². The average Bonchev–Trinajstić information content (AvgIpc) is 3.46. The first-order valence-corrected chi connectivity index (χ1v) is 12.6. The summed E-state index contributed by atoms with van der Waals surface area (Å²) in [5.41, 5.74) is 1.33. The number of allylic oxidation sites excluding steroid dienone is 1. The summed E-state index contributed by atoms with van der Waals surface area (Å²) in [6, 6.07) is 8.67. The lowest BCUT2D eigenvalue weighted by atomic mass is 9.95. The molecule has 4 rings (SSSR count). The lowest BCUT2D eigenvalue weighted by molar-refractivity contribution is -0.136. The number of methoxy groups -OCH3 is 2. The molecule has 9 heteroatoms. The van der Waals surface area contributed by atoms with Gasteiger partial charge in [-0.2, -0.15) is 0 Å². The molecule has 1 unspecified atom stereocenters. The SMILES string of the molecule is CCCCOc1ccc(C2C(C(=O)OC)=C(C)N=c3sc(=Cc4cccs4)c(=O)n32)cc1OC. The first-order chi connectivity index (χ1) is 16.5. The number of aromatic nitrogens is 1. The number of fused-ring (bicyclic) bond motifs is 1. The van der Waals surface area contributed by atoms with Gasteiger partial charge in [-0.25, -0.2) is 9.79 Å². The Balaban J connectivity index is 1.89. The third-order valence-electron chi connectivity index (χ3n) is 5.50. The predicted octanol–water partition coefficient (Wildman–Crippen LogP) is 3.66. The van der Waals surface area contributed by atoms with Crippen molar-refractivity contribution in [1.82, 2.24) is 4.57 Å². The van der Waals surface area contributed by atoms with Crippen LogP contribution in [0.1, 0.15) is 43.2 Å². The molecule has 3 aromatic rings. The molecule has 0 saturated carbocycles. The second-order valence-electron chi connectivity index (χ2n) is 7.70. The monoisotopic (exact) mass is 498 g/mol. The van der Waals surface area contributed by atoms with Crippen LogP contribution in [0.5, 0.6) is 11.5 Å². The van der Waals surface area contributed by atoms with Crippen LogP contribution in [0.3, 0.4) is 0 Å². The molecule has 1 aliphatic heterocycles. The highest BCUT2D eigenvalue weighted by atomic mass is 32.1. The second kappa shape index (κ2) is 10.4. The molecule has 178 valence electrons. The number of unbranched alkanes of at least 4 members (excludes halogenated alkanes) is 1. The maximum absolute atomic E-state index is 13.5. The zero-order chi connectivity index (χ0) is 24.2. The summed E-state index contributed by atoms with van der Waals surface area (Å²) in [6.45, 7) is 4.44. The fourth-order valence-corrected chi connectivity index (χ4v) is 5.58. The maximum atomic E-state index is 13.5. The molecular formula is C25H26N2O5S2. The molecule has 1 aliphatic rings. The van der Waals surface area contributed by atoms with Crippen LogP contribution in [0.2, 0.25) is 0 Å². The number of nitrogens with zero attached hydrogens (tertiary/aromatic N) is 2. The van der Waals surface area contributed by atoms with Crippen LogP contribution in [-0.4, -0.2) is 31.4 Å². The Morgan fingerprint density at radius 1 is 1.24 bits per heavy atom. The van der Waals surface area contributed by atoms with E-state index in [1.54, 1.807) is 29.9 Å². The number of rotatable bonds is 8. The van der Waals surface area contributed by atoms with Crippen LogP contribution in [-0.2, 0) is 9.53 Å². The van der Waals surface area contributed by atoms with Gasteiger partial charge < -0.3 is 14.2 Å². The van der Waals surface area contributed by atoms with Gasteiger partial charge >= 0.3 is 5.97 Å². The number of benzene rings is 1. The molecule has 0 radical (unpaired) electrons. The maximum Gasteiger partial charge on any atom is 0.338 e. The highest BCUT2D eigenvalue weighted by molar-refractivity contribution is 7.11. The zero-order valence-corrected chi connectivity index (χ0v) is 21.1. The topological polar surface area (TPSA) is 79.1 Å². The minimum atomic E-state index is -0.701. The smallest absolute Gasteiger partial charge is 0.338 e. The van der Waals surface area contributed by atoms with Gasteiger partial charge in [0, 0.05) is 4.88 Å². The molecule has 0 spiro atoms. The van der Waals surface area contributed by atoms with Crippen molar-refractivity contribution in [1.29, 1.82) is 0 Å². The van der Waals surface area contributed by atoms with E-state index in [4.69, 9.17) is 14.2 Å². The number of carbonyl (C=O) groups is 1. The minimum absolute atomic E-state index is 0.210. The first kappa shape index (κ1) is 24.0. The van der Waals surface area contributed by atoms with Crippen molar-refractivity contribution in [2.75, 3.05) is 20.8 Å². The Morgan fingerprint density at radius 3 is 2.74 bits per heavy atom. The summed E-state index contributed by atoms with van der Waals surface area (Å²) in [5.74, 6) is 0.624. The van der Waals surface area contributed by atoms with Gasteiger partial charge in [0.15, 0.2) is 16.3 Å². The van der Waals surface area contributed by atoms with E-state index in [1.165, 1.54) is 18.4 Å². The molecule has 0 bridgehead atoms. The first-order valence-electron chi connectivity index (χ1n) is 10.9. The van der Waals surface area contributed by atoms with E-state index < -0.39 is 12.0 Å². The molecular weight excluding hydrogens is 472 g/mol. The fourth-order valence-electron chi connectivity index (χ4n) is 3.81. The molecule has 2 aromatic heterocycles. The Kier molecular flexibility index (Phi) is 7.33. The summed E-state index contributed by atoms with van der Waals surface area (Å²) in [4.78, 5) is 32.5. The lowest BCUT2D eigenvalue weighted by Crippen LogP contribution is -2.39. The molecule has 0 amide bonds. The standard InChI is InChI=1S/C25H26N2O5S2/c1-5-6-11-32-18-10-9-16(13-19(18)30-3)22-21(24(29)31-4)15(2)26-25-27(22)23(28)20(34-25)14-17-8-7-12-33-17/h7-10,12-14,22H,5-6,11H2,1-4H3. The van der Waals surface area contributed by atoms with Crippen LogP contribution in [0.25, 0.3) is 6.08 Å². The van der Waals surface area contributed by atoms with Gasteiger partial charge in [-0.05, 0) is 48.6 Å². The number of carbonyl (C=O) groups excluding carboxylic acids is 1. The van der Waals surface area contributed by atoms with Gasteiger partial charge in [-0.1, -0.05) is 36.8 Å². The van der Waals surface area contributed by atoms with Crippen LogP contribution >= 0.6 is 22.7 Å². The number of thiazole rings is 1. The van der Waals surface area contributed by atoms with E-state index in [0.29, 0.717) is 44.3 Å². The molecule has 1 aromatic carbocycles. The molecule has 0 aliphatic carbocycles. The van der Waals surface area contributed by atoms with Crippen LogP contribution in [0.4, 0.5) is 0 Å². The summed E-state index contributed by atoms with van der Waals surface area (Å²) in [5, 5.41) is 1.96. The Morgan fingerprint density at radius 2 is 2.06 bits per heavy atom. The van der Waals surface area contributed by atoms with E-state index in [9.17, 15) is 9.59 Å². The normalized spacial score (nSPS) is 15.6. The van der Waals surface area contributed by atoms with Crippen LogP contribution < -0.4 is 24.4 Å². The Labute approximate surface area is 205 Å². The highest BCUT2D eigenvalue weighted by Gasteiger charge is 2.33. The minimum Gasteiger partial charge on any atom is -0.493 e. The summed E-state index contributed by atoms with van der Waals surface area (Å²) < 4.78 is 18.6. The Hall–Kier alpha value is -3.17. The van der Waals surface area contributed by atoms with Crippen molar-refractivity contribution in [3.8, 4) is 11.5 Å². The van der Waals surface area contributed by atoms with E-state index in [1.807, 2.05) is 41.8 Å². The quantitative estimate of drug-likeness (QED) is 0.350. The lowest BCUT2D eigenvalue weighted by Gasteiger charge is -2.25. The van der Waals surface area contributed by atoms with E-state index in [2.05, 4.69) is 11.9 Å². The van der Waals surface area contributed by atoms with Crippen molar-refractivity contribution in [2.45, 2.75) is 32.7 Å². The van der Waals surface area contributed by atoms with Gasteiger partial charge in [0.05, 0.1) is 42.7 Å². The number of ether oxygens (including phenoxy) is 3. The fraction of sp³-hybridized carbons (Fsp3) is 0.320. The number of thiophene rings is 1. The van der Waals surface area contributed by atoms with Crippen molar-refractivity contribution < 1.29 is 19.0 Å². The second-order valence-corrected chi connectivity index (χ2v) is 9.69. The Bertz CT molecular complexity index is 1400. The molecule has 0 fully saturated rings. The third kappa shape index (κ3) is 4.58. The van der Waals surface area contributed by atoms with Crippen LogP contribution in [0, 0.1) is 0 Å². The summed E-state index contributed by atoms with van der Waals surface area (Å²) in [7, 11) is 2.90. The van der Waals surface area contributed by atoms with Crippen molar-refractivity contribution in [2.24, 2.45) is 4.99 Å².